The summed E-state index contributed by atoms with van der Waals surface area (Å²) in [7, 11) is 5.51. The Balaban J connectivity index is 1.53. The van der Waals surface area contributed by atoms with Crippen LogP contribution in [-0.2, 0) is 24.4 Å². The van der Waals surface area contributed by atoms with Crippen LogP contribution >= 0.6 is 11.3 Å². The van der Waals surface area contributed by atoms with Crippen molar-refractivity contribution in [2.45, 2.75) is 32.7 Å². The van der Waals surface area contributed by atoms with Crippen molar-refractivity contribution < 1.29 is 9.47 Å². The zero-order valence-corrected chi connectivity index (χ0v) is 19.4. The molecule has 0 amide bonds. The van der Waals surface area contributed by atoms with E-state index in [1.54, 1.807) is 25.5 Å². The van der Waals surface area contributed by atoms with Gasteiger partial charge in [0.05, 0.1) is 12.2 Å². The first-order chi connectivity index (χ1) is 15.1. The first kappa shape index (κ1) is 22.8. The quantitative estimate of drug-likeness (QED) is 0.390. The number of aliphatic imine (C=N–C) groups is 1. The lowest BCUT2D eigenvalue weighted by Gasteiger charge is -2.21. The minimum Gasteiger partial charge on any atom is -0.489 e. The smallest absolute Gasteiger partial charge is 0.194 e. The molecule has 0 fully saturated rings. The van der Waals surface area contributed by atoms with Crippen molar-refractivity contribution in [2.24, 2.45) is 4.99 Å². The Hall–Kier alpha value is -2.90. The third-order valence-electron chi connectivity index (χ3n) is 4.83. The summed E-state index contributed by atoms with van der Waals surface area (Å²) >= 11 is 1.62. The van der Waals surface area contributed by atoms with Gasteiger partial charge in [-0.15, -0.1) is 11.3 Å². The Morgan fingerprint density at radius 1 is 1.16 bits per heavy atom. The number of nitrogens with one attached hydrogen (secondary N) is 1. The second-order valence-electron chi connectivity index (χ2n) is 7.23. The molecule has 0 saturated carbocycles. The predicted octanol–water partition coefficient (Wildman–Crippen LogP) is 4.64. The van der Waals surface area contributed by atoms with E-state index in [-0.39, 0.29) is 6.10 Å². The van der Waals surface area contributed by atoms with Crippen molar-refractivity contribution in [3.05, 3.63) is 81.8 Å². The van der Waals surface area contributed by atoms with E-state index in [2.05, 4.69) is 49.8 Å². The molecule has 6 nitrogen and oxygen atoms in total. The van der Waals surface area contributed by atoms with Gasteiger partial charge in [0.25, 0.3) is 0 Å². The van der Waals surface area contributed by atoms with Crippen LogP contribution in [0.4, 0.5) is 0 Å². The number of rotatable bonds is 9. The fraction of sp³-hybridized carbons (Fsp3) is 0.333. The van der Waals surface area contributed by atoms with E-state index >= 15 is 0 Å². The van der Waals surface area contributed by atoms with Crippen LogP contribution in [-0.4, -0.2) is 37.0 Å². The molecule has 3 aromatic rings. The molecule has 0 aliphatic carbocycles. The Labute approximate surface area is 188 Å². The Morgan fingerprint density at radius 2 is 1.94 bits per heavy atom. The number of hydrogen-bond acceptors (Lipinski definition) is 5. The van der Waals surface area contributed by atoms with Crippen molar-refractivity contribution in [1.82, 2.24) is 15.2 Å². The van der Waals surface area contributed by atoms with Crippen molar-refractivity contribution in [3.8, 4) is 5.75 Å². The first-order valence-electron chi connectivity index (χ1n) is 10.2. The van der Waals surface area contributed by atoms with Gasteiger partial charge in [-0.3, -0.25) is 4.99 Å². The molecule has 1 atom stereocenters. The van der Waals surface area contributed by atoms with Gasteiger partial charge in [0.15, 0.2) is 5.96 Å². The highest BCUT2D eigenvalue weighted by molar-refractivity contribution is 7.09. The Bertz CT molecular complexity index is 974. The number of guanidine groups is 1. The fourth-order valence-electron chi connectivity index (χ4n) is 3.08. The van der Waals surface area contributed by atoms with Crippen LogP contribution in [0.15, 0.2) is 65.0 Å². The zero-order valence-electron chi connectivity index (χ0n) is 18.5. The molecule has 1 N–H and O–H groups in total. The van der Waals surface area contributed by atoms with Gasteiger partial charge >= 0.3 is 0 Å². The Morgan fingerprint density at radius 3 is 2.68 bits per heavy atom. The normalized spacial score (nSPS) is 12.5. The van der Waals surface area contributed by atoms with Gasteiger partial charge in [0.1, 0.15) is 23.5 Å². The van der Waals surface area contributed by atoms with Crippen LogP contribution in [0.5, 0.6) is 5.75 Å². The number of hydrogen-bond donors (Lipinski definition) is 1. The van der Waals surface area contributed by atoms with E-state index < -0.39 is 0 Å². The van der Waals surface area contributed by atoms with E-state index in [9.17, 15) is 0 Å². The molecule has 0 radical (unpaired) electrons. The molecule has 164 valence electrons. The van der Waals surface area contributed by atoms with Gasteiger partial charge in [-0.1, -0.05) is 42.5 Å². The van der Waals surface area contributed by atoms with Crippen molar-refractivity contribution in [1.29, 1.82) is 0 Å². The van der Waals surface area contributed by atoms with E-state index in [4.69, 9.17) is 9.47 Å². The topological polar surface area (TPSA) is 59.0 Å². The lowest BCUT2D eigenvalue weighted by atomic mass is 10.1. The van der Waals surface area contributed by atoms with Crippen LogP contribution in [0.1, 0.15) is 34.9 Å². The molecular formula is C24H30N4O2S. The molecule has 1 unspecified atom stereocenters. The average molecular weight is 439 g/mol. The maximum atomic E-state index is 5.86. The summed E-state index contributed by atoms with van der Waals surface area (Å²) in [5.41, 5.74) is 3.32. The van der Waals surface area contributed by atoms with Gasteiger partial charge in [0, 0.05) is 33.1 Å². The summed E-state index contributed by atoms with van der Waals surface area (Å²) < 4.78 is 11.2. The minimum atomic E-state index is 0.0136. The highest BCUT2D eigenvalue weighted by atomic mass is 32.1. The zero-order chi connectivity index (χ0) is 22.1. The van der Waals surface area contributed by atoms with E-state index in [0.717, 1.165) is 28.0 Å². The van der Waals surface area contributed by atoms with E-state index in [1.807, 2.05) is 44.3 Å². The standard InChI is InChI=1S/C24H30N4O2S/c1-18(29-4)23-27-21(17-31-23)15-28(3)24(25-2)26-14-19-9-8-10-20(13-19)16-30-22-11-6-5-7-12-22/h5-13,17-18H,14-16H2,1-4H3,(H,25,26). The summed E-state index contributed by atoms with van der Waals surface area (Å²) in [6, 6.07) is 18.3. The number of nitrogens with zero attached hydrogens (tertiary/aromatic N) is 3. The number of methoxy groups -OCH3 is 1. The van der Waals surface area contributed by atoms with Crippen LogP contribution in [0.25, 0.3) is 0 Å². The third kappa shape index (κ3) is 6.80. The molecule has 7 heteroatoms. The van der Waals surface area contributed by atoms with Crippen molar-refractivity contribution in [2.75, 3.05) is 21.2 Å². The lowest BCUT2D eigenvalue weighted by Crippen LogP contribution is -2.38. The molecule has 3 rings (SSSR count). The average Bonchev–Trinajstić information content (AvgIpc) is 3.27. The van der Waals surface area contributed by atoms with Crippen molar-refractivity contribution in [3.63, 3.8) is 0 Å². The van der Waals surface area contributed by atoms with Gasteiger partial charge in [0.2, 0.25) is 0 Å². The second kappa shape index (κ2) is 11.5. The number of benzene rings is 2. The lowest BCUT2D eigenvalue weighted by molar-refractivity contribution is 0.119. The fourth-order valence-corrected chi connectivity index (χ4v) is 3.92. The molecule has 1 aromatic heterocycles. The highest BCUT2D eigenvalue weighted by Gasteiger charge is 2.12. The summed E-state index contributed by atoms with van der Waals surface area (Å²) in [6.45, 7) is 3.90. The maximum Gasteiger partial charge on any atom is 0.194 e. The Kier molecular flexibility index (Phi) is 8.44. The second-order valence-corrected chi connectivity index (χ2v) is 8.12. The molecule has 0 saturated heterocycles. The molecule has 1 heterocycles. The third-order valence-corrected chi connectivity index (χ3v) is 5.89. The van der Waals surface area contributed by atoms with E-state index in [0.29, 0.717) is 19.7 Å². The molecule has 0 aliphatic rings. The monoisotopic (exact) mass is 438 g/mol. The number of aromatic nitrogens is 1. The van der Waals surface area contributed by atoms with Gasteiger partial charge in [-0.05, 0) is 30.2 Å². The van der Waals surface area contributed by atoms with Gasteiger partial charge < -0.3 is 19.7 Å². The van der Waals surface area contributed by atoms with Crippen LogP contribution in [0, 0.1) is 0 Å². The summed E-state index contributed by atoms with van der Waals surface area (Å²) in [6.07, 6.45) is 0.0136. The highest BCUT2D eigenvalue weighted by Crippen LogP contribution is 2.21. The van der Waals surface area contributed by atoms with Crippen LogP contribution < -0.4 is 10.1 Å². The molecule has 2 aromatic carbocycles. The minimum absolute atomic E-state index is 0.0136. The van der Waals surface area contributed by atoms with E-state index in [1.165, 1.54) is 5.56 Å². The number of thiazole rings is 1. The summed E-state index contributed by atoms with van der Waals surface area (Å²) in [5.74, 6) is 1.69. The molecule has 0 spiro atoms. The van der Waals surface area contributed by atoms with Gasteiger partial charge in [-0.25, -0.2) is 4.98 Å². The molecule has 31 heavy (non-hydrogen) atoms. The first-order valence-corrected chi connectivity index (χ1v) is 11.1. The predicted molar refractivity (Wildman–Crippen MR) is 126 cm³/mol. The molecular weight excluding hydrogens is 408 g/mol. The molecule has 0 bridgehead atoms. The SMILES string of the molecule is CN=C(NCc1cccc(COc2ccccc2)c1)N(C)Cc1csc(C(C)OC)n1. The largest absolute Gasteiger partial charge is 0.489 e. The summed E-state index contributed by atoms with van der Waals surface area (Å²) in [4.78, 5) is 11.1. The maximum absolute atomic E-state index is 5.86. The van der Waals surface area contributed by atoms with Crippen LogP contribution in [0.2, 0.25) is 0 Å². The van der Waals surface area contributed by atoms with Crippen LogP contribution in [0.3, 0.4) is 0 Å². The number of ether oxygens (including phenoxy) is 2. The van der Waals surface area contributed by atoms with Gasteiger partial charge in [-0.2, -0.15) is 0 Å². The molecule has 0 aliphatic heterocycles. The van der Waals surface area contributed by atoms with Crippen molar-refractivity contribution >= 4 is 17.3 Å². The number of para-hydroxylation sites is 1. The summed E-state index contributed by atoms with van der Waals surface area (Å²) in [5, 5.41) is 6.50.